The van der Waals surface area contributed by atoms with Gasteiger partial charge in [0.05, 0.1) is 21.1 Å². The number of nitro benzene ring substituents is 1. The van der Waals surface area contributed by atoms with E-state index in [1.165, 1.54) is 6.07 Å². The van der Waals surface area contributed by atoms with Gasteiger partial charge in [0.15, 0.2) is 5.17 Å². The van der Waals surface area contributed by atoms with Gasteiger partial charge in [0.25, 0.3) is 11.2 Å². The van der Waals surface area contributed by atoms with Crippen molar-refractivity contribution in [2.45, 2.75) is 24.1 Å². The Bertz CT molecular complexity index is 1010. The lowest BCUT2D eigenvalue weighted by Crippen LogP contribution is -2.55. The van der Waals surface area contributed by atoms with Gasteiger partial charge >= 0.3 is 18.5 Å². The smallest absolute Gasteiger partial charge is 0.334 e. The molecule has 6 nitrogen and oxygen atoms in total. The Kier molecular flexibility index (Phi) is 5.93. The van der Waals surface area contributed by atoms with E-state index in [4.69, 9.17) is 5.26 Å². The first-order chi connectivity index (χ1) is 14.0. The summed E-state index contributed by atoms with van der Waals surface area (Å²) in [6.45, 7) is 0. The fourth-order valence-electron chi connectivity index (χ4n) is 2.29. The van der Waals surface area contributed by atoms with Crippen LogP contribution in [0.4, 0.5) is 55.3 Å². The number of hydrogen-bond donors (Lipinski definition) is 1. The van der Waals surface area contributed by atoms with E-state index in [9.17, 15) is 54.0 Å². The lowest BCUT2D eigenvalue weighted by atomic mass is 9.97. The second kappa shape index (κ2) is 7.59. The highest BCUT2D eigenvalue weighted by atomic mass is 32.2. The minimum absolute atomic E-state index is 0.594. The number of halogens is 10. The molecule has 0 unspecified atom stereocenters. The van der Waals surface area contributed by atoms with Crippen molar-refractivity contribution in [3.8, 4) is 6.07 Å². The number of anilines is 1. The van der Waals surface area contributed by atoms with Crippen LogP contribution in [0.3, 0.4) is 0 Å². The van der Waals surface area contributed by atoms with Gasteiger partial charge in [-0.25, -0.2) is 9.38 Å². The molecule has 0 atom stereocenters. The van der Waals surface area contributed by atoms with E-state index in [0.717, 1.165) is 0 Å². The number of nitro groups is 1. The van der Waals surface area contributed by atoms with Crippen LogP contribution >= 0.6 is 11.8 Å². The first kappa shape index (κ1) is 24.2. The Morgan fingerprint density at radius 2 is 1.68 bits per heavy atom. The molecular weight excluding hydrogens is 478 g/mol. The lowest BCUT2D eigenvalue weighted by molar-refractivity contribution is -0.384. The fraction of sp³-hybridized carbons (Fsp3) is 0.286. The maximum absolute atomic E-state index is 13.7. The van der Waals surface area contributed by atoms with E-state index in [2.05, 4.69) is 4.99 Å². The number of nitrogens with zero attached hydrogens (tertiary/aromatic N) is 3. The number of hydrogen-bond acceptors (Lipinski definition) is 6. The quantitative estimate of drug-likeness (QED) is 0.337. The summed E-state index contributed by atoms with van der Waals surface area (Å²) in [4.78, 5) is 9.19. The number of allylic oxidation sites excluding steroid dienone is 1. The summed E-state index contributed by atoms with van der Waals surface area (Å²) in [5.41, 5.74) is -7.52. The molecule has 0 fully saturated rings. The van der Waals surface area contributed by atoms with E-state index in [1.54, 1.807) is 5.32 Å². The zero-order chi connectivity index (χ0) is 24.0. The van der Waals surface area contributed by atoms with Crippen molar-refractivity contribution >= 4 is 28.3 Å². The number of nitriles is 1. The molecule has 0 saturated heterocycles. The molecule has 1 aliphatic heterocycles. The third-order valence-electron chi connectivity index (χ3n) is 3.64. The zero-order valence-electron chi connectivity index (χ0n) is 14.1. The second-order valence-electron chi connectivity index (χ2n) is 5.59. The third kappa shape index (κ3) is 4.24. The highest BCUT2D eigenvalue weighted by Crippen LogP contribution is 2.59. The van der Waals surface area contributed by atoms with Crippen molar-refractivity contribution in [1.82, 2.24) is 0 Å². The molecule has 0 bridgehead atoms. The summed E-state index contributed by atoms with van der Waals surface area (Å²) in [6.07, 6.45) is -19.3. The largest absolute Gasteiger partial charge is 0.443 e. The highest BCUT2D eigenvalue weighted by molar-refractivity contribution is 8.17. The fourth-order valence-corrected chi connectivity index (χ4v) is 3.46. The summed E-state index contributed by atoms with van der Waals surface area (Å²) in [7, 11) is 0. The number of alkyl halides is 9. The standard InChI is InChI=1S/C14H4F10N4O2S/c15-8(12(16,17)18)9-11(13(19,20)21,14(22,23)24)27-10(31-9)26-7-2-1-6(28(29)30)3-5(7)4-25/h1-3H,(H,26,27). The average Bonchev–Trinajstić information content (AvgIpc) is 3.00. The Labute approximate surface area is 168 Å². The monoisotopic (exact) mass is 482 g/mol. The van der Waals surface area contributed by atoms with Crippen LogP contribution in [0.1, 0.15) is 5.56 Å². The summed E-state index contributed by atoms with van der Waals surface area (Å²) in [5, 5.41) is 19.9. The Hall–Kier alpha value is -3.03. The number of rotatable bonds is 2. The maximum Gasteiger partial charge on any atom is 0.443 e. The first-order valence-corrected chi connectivity index (χ1v) is 8.11. The molecule has 31 heavy (non-hydrogen) atoms. The Balaban J connectivity index is 2.70. The van der Waals surface area contributed by atoms with Gasteiger partial charge < -0.3 is 5.32 Å². The number of nitrogens with one attached hydrogen (secondary N) is 1. The van der Waals surface area contributed by atoms with Gasteiger partial charge in [-0.1, -0.05) is 11.8 Å². The van der Waals surface area contributed by atoms with Gasteiger partial charge in [0, 0.05) is 12.1 Å². The van der Waals surface area contributed by atoms with Gasteiger partial charge in [-0.05, 0) is 6.07 Å². The molecule has 0 radical (unpaired) electrons. The summed E-state index contributed by atoms with van der Waals surface area (Å²) in [5.74, 6) is -3.66. The molecule has 1 N–H and O–H groups in total. The van der Waals surface area contributed by atoms with Crippen LogP contribution in [-0.2, 0) is 0 Å². The molecule has 1 aliphatic rings. The minimum Gasteiger partial charge on any atom is -0.334 e. The summed E-state index contributed by atoms with van der Waals surface area (Å²) >= 11 is -0.929. The van der Waals surface area contributed by atoms with Crippen LogP contribution in [0, 0.1) is 21.4 Å². The number of amidine groups is 1. The van der Waals surface area contributed by atoms with Crippen LogP contribution in [-0.4, -0.2) is 34.2 Å². The number of benzene rings is 1. The SMILES string of the molecule is N#Cc1cc([N+](=O)[O-])ccc1NC1=NC(C(F)(F)F)(C(F)(F)F)C(=C(F)C(F)(F)F)S1. The van der Waals surface area contributed by atoms with Gasteiger partial charge in [0.1, 0.15) is 6.07 Å². The molecule has 168 valence electrons. The number of thioether (sulfide) groups is 1. The van der Waals surface area contributed by atoms with Crippen LogP contribution < -0.4 is 5.32 Å². The Morgan fingerprint density at radius 1 is 1.13 bits per heavy atom. The predicted octanol–water partition coefficient (Wildman–Crippen LogP) is 5.59. The highest BCUT2D eigenvalue weighted by Gasteiger charge is 2.77. The normalized spacial score (nSPS) is 18.3. The van der Waals surface area contributed by atoms with E-state index >= 15 is 0 Å². The number of aliphatic imine (C=N–C) groups is 1. The summed E-state index contributed by atoms with van der Waals surface area (Å²) in [6, 6.07) is 3.36. The van der Waals surface area contributed by atoms with Crippen molar-refractivity contribution in [3.63, 3.8) is 0 Å². The van der Waals surface area contributed by atoms with Crippen LogP contribution in [0.15, 0.2) is 33.9 Å². The van der Waals surface area contributed by atoms with E-state index in [1.807, 2.05) is 0 Å². The minimum atomic E-state index is -6.53. The molecule has 0 aliphatic carbocycles. The van der Waals surface area contributed by atoms with Gasteiger partial charge in [-0.15, -0.1) is 0 Å². The average molecular weight is 482 g/mol. The van der Waals surface area contributed by atoms with E-state index < -0.39 is 73.6 Å². The van der Waals surface area contributed by atoms with Crippen LogP contribution in [0.5, 0.6) is 0 Å². The molecular formula is C14H4F10N4O2S. The van der Waals surface area contributed by atoms with E-state index in [-0.39, 0.29) is 0 Å². The molecule has 1 aromatic carbocycles. The van der Waals surface area contributed by atoms with Gasteiger partial charge in [0.2, 0.25) is 5.83 Å². The summed E-state index contributed by atoms with van der Waals surface area (Å²) < 4.78 is 132. The lowest BCUT2D eigenvalue weighted by Gasteiger charge is -2.31. The molecule has 0 saturated carbocycles. The number of non-ortho nitro benzene ring substituents is 1. The van der Waals surface area contributed by atoms with Gasteiger partial charge in [-0.2, -0.15) is 44.8 Å². The molecule has 0 aromatic heterocycles. The predicted molar refractivity (Wildman–Crippen MR) is 85.5 cm³/mol. The van der Waals surface area contributed by atoms with Crippen molar-refractivity contribution in [3.05, 3.63) is 44.6 Å². The molecule has 2 rings (SSSR count). The van der Waals surface area contributed by atoms with Gasteiger partial charge in [-0.3, -0.25) is 10.1 Å². The first-order valence-electron chi connectivity index (χ1n) is 7.30. The molecule has 1 aromatic rings. The maximum atomic E-state index is 13.7. The van der Waals surface area contributed by atoms with Crippen molar-refractivity contribution in [2.24, 2.45) is 4.99 Å². The topological polar surface area (TPSA) is 91.3 Å². The van der Waals surface area contributed by atoms with Crippen LogP contribution in [0.2, 0.25) is 0 Å². The second-order valence-corrected chi connectivity index (χ2v) is 6.59. The molecule has 0 spiro atoms. The molecule has 1 heterocycles. The van der Waals surface area contributed by atoms with Crippen LogP contribution in [0.25, 0.3) is 0 Å². The van der Waals surface area contributed by atoms with Crippen molar-refractivity contribution < 1.29 is 48.8 Å². The molecule has 17 heteroatoms. The third-order valence-corrected chi connectivity index (χ3v) is 4.71. The molecule has 0 amide bonds. The van der Waals surface area contributed by atoms with Crippen molar-refractivity contribution in [2.75, 3.05) is 5.32 Å². The Morgan fingerprint density at radius 3 is 2.10 bits per heavy atom. The van der Waals surface area contributed by atoms with E-state index in [0.29, 0.717) is 18.2 Å². The van der Waals surface area contributed by atoms with Crippen molar-refractivity contribution in [1.29, 1.82) is 5.26 Å². The zero-order valence-corrected chi connectivity index (χ0v) is 14.9.